The van der Waals surface area contributed by atoms with Crippen LogP contribution in [0.25, 0.3) is 0 Å². The Hall–Kier alpha value is -3.63. The van der Waals surface area contributed by atoms with E-state index in [1.54, 1.807) is 46.6 Å². The van der Waals surface area contributed by atoms with Crippen LogP contribution in [0.1, 0.15) is 78.4 Å². The van der Waals surface area contributed by atoms with Gasteiger partial charge in [-0.1, -0.05) is 36.4 Å². The van der Waals surface area contributed by atoms with Gasteiger partial charge < -0.3 is 34.4 Å². The Balaban J connectivity index is 1.63. The zero-order chi connectivity index (χ0) is 34.4. The molecule has 2 atom stereocenters. The number of nitrogens with one attached hydrogen (secondary N) is 1. The molecule has 2 aliphatic rings. The number of para-hydroxylation sites is 2. The highest BCUT2D eigenvalue weighted by molar-refractivity contribution is 5.84. The maximum Gasteiger partial charge on any atom is 0.410 e. The number of hydrogen-bond acceptors (Lipinski definition) is 7. The third kappa shape index (κ3) is 9.05. The van der Waals surface area contributed by atoms with Crippen molar-refractivity contribution < 1.29 is 33.7 Å². The van der Waals surface area contributed by atoms with Gasteiger partial charge in [-0.3, -0.25) is 9.59 Å². The van der Waals surface area contributed by atoms with E-state index in [-0.39, 0.29) is 37.9 Å². The van der Waals surface area contributed by atoms with Crippen LogP contribution >= 0.6 is 0 Å². The van der Waals surface area contributed by atoms with Gasteiger partial charge in [0.25, 0.3) is 0 Å². The SMILES string of the molecule is CCN(CC(C)(C)O)C(=O)C1CC(C(=O)NCC2(CCCCOC)c3ccccc3Oc3ccccc32)CN(C(=O)OC(C)(C)C)C1. The summed E-state index contributed by atoms with van der Waals surface area (Å²) in [6, 6.07) is 15.9. The summed E-state index contributed by atoms with van der Waals surface area (Å²) < 4.78 is 17.3. The van der Waals surface area contributed by atoms with Crippen molar-refractivity contribution in [3.63, 3.8) is 0 Å². The molecule has 0 bridgehead atoms. The van der Waals surface area contributed by atoms with Crippen molar-refractivity contribution in [1.82, 2.24) is 15.1 Å². The second-order valence-electron chi connectivity index (χ2n) is 14.5. The normalized spacial score (nSPS) is 18.8. The van der Waals surface area contributed by atoms with E-state index in [1.807, 2.05) is 43.3 Å². The minimum atomic E-state index is -1.09. The lowest BCUT2D eigenvalue weighted by Gasteiger charge is -2.42. The molecular formula is C37H53N3O7. The largest absolute Gasteiger partial charge is 0.457 e. The minimum absolute atomic E-state index is 0.138. The van der Waals surface area contributed by atoms with E-state index in [9.17, 15) is 19.5 Å². The molecule has 0 spiro atoms. The number of rotatable bonds is 12. The van der Waals surface area contributed by atoms with Gasteiger partial charge in [-0.25, -0.2) is 4.79 Å². The third-order valence-corrected chi connectivity index (χ3v) is 8.89. The van der Waals surface area contributed by atoms with E-state index >= 15 is 0 Å². The van der Waals surface area contributed by atoms with E-state index in [2.05, 4.69) is 17.4 Å². The van der Waals surface area contributed by atoms with E-state index in [0.29, 0.717) is 19.7 Å². The molecule has 2 aromatic rings. The second kappa shape index (κ2) is 15.1. The average Bonchev–Trinajstić information content (AvgIpc) is 3.02. The Labute approximate surface area is 279 Å². The number of methoxy groups -OCH3 is 1. The number of ether oxygens (including phenoxy) is 3. The molecule has 0 radical (unpaired) electrons. The van der Waals surface area contributed by atoms with Crippen LogP contribution in [0.2, 0.25) is 0 Å². The number of benzene rings is 2. The fraction of sp³-hybridized carbons (Fsp3) is 0.595. The van der Waals surface area contributed by atoms with Gasteiger partial charge in [-0.15, -0.1) is 0 Å². The maximum absolute atomic E-state index is 14.2. The summed E-state index contributed by atoms with van der Waals surface area (Å²) in [6.45, 7) is 12.3. The zero-order valence-electron chi connectivity index (χ0n) is 29.1. The Kier molecular flexibility index (Phi) is 11.6. The average molecular weight is 652 g/mol. The van der Waals surface area contributed by atoms with Gasteiger partial charge in [0.1, 0.15) is 17.1 Å². The standard InChI is InChI=1S/C37H53N3O7/c1-8-39(25-36(5,6)44)33(42)27-21-26(22-40(23-27)34(43)47-35(2,3)4)32(41)38-24-37(19-13-14-20-45-7)28-15-9-11-17-30(28)46-31-18-12-10-16-29(31)37/h9-12,15-18,26-27,44H,8,13-14,19-25H2,1-7H3,(H,38,41). The maximum atomic E-state index is 14.2. The topological polar surface area (TPSA) is 118 Å². The third-order valence-electron chi connectivity index (χ3n) is 8.89. The number of unbranched alkanes of at least 4 members (excludes halogenated alkanes) is 1. The molecule has 2 heterocycles. The molecule has 10 nitrogen and oxygen atoms in total. The van der Waals surface area contributed by atoms with Crippen molar-refractivity contribution in [2.45, 2.75) is 83.8 Å². The minimum Gasteiger partial charge on any atom is -0.457 e. The van der Waals surface area contributed by atoms with Gasteiger partial charge in [0.05, 0.1) is 17.4 Å². The first-order chi connectivity index (χ1) is 22.2. The molecule has 10 heteroatoms. The van der Waals surface area contributed by atoms with Crippen LogP contribution in [-0.4, -0.2) is 90.5 Å². The Bertz CT molecular complexity index is 1350. The van der Waals surface area contributed by atoms with Gasteiger partial charge in [0.15, 0.2) is 0 Å². The lowest BCUT2D eigenvalue weighted by atomic mass is 9.69. The summed E-state index contributed by atoms with van der Waals surface area (Å²) in [6.07, 6.45) is 2.22. The van der Waals surface area contributed by atoms with Crippen molar-refractivity contribution in [3.05, 3.63) is 59.7 Å². The van der Waals surface area contributed by atoms with Gasteiger partial charge in [-0.05, 0) is 79.4 Å². The second-order valence-corrected chi connectivity index (χ2v) is 14.5. The van der Waals surface area contributed by atoms with Crippen LogP contribution in [-0.2, 0) is 24.5 Å². The summed E-state index contributed by atoms with van der Waals surface area (Å²) in [4.78, 5) is 44.4. The van der Waals surface area contributed by atoms with Gasteiger partial charge >= 0.3 is 6.09 Å². The molecule has 258 valence electrons. The number of carbonyl (C=O) groups is 3. The fourth-order valence-corrected chi connectivity index (χ4v) is 6.78. The number of nitrogens with zero attached hydrogens (tertiary/aromatic N) is 2. The fourth-order valence-electron chi connectivity index (χ4n) is 6.78. The Morgan fingerprint density at radius 3 is 2.13 bits per heavy atom. The molecule has 3 amide bonds. The van der Waals surface area contributed by atoms with Crippen LogP contribution in [0, 0.1) is 11.8 Å². The molecule has 2 aliphatic heterocycles. The van der Waals surface area contributed by atoms with Crippen LogP contribution in [0.5, 0.6) is 11.5 Å². The summed E-state index contributed by atoms with van der Waals surface area (Å²) in [5, 5.41) is 13.7. The first-order valence-corrected chi connectivity index (χ1v) is 16.8. The molecule has 1 saturated heterocycles. The number of piperidine rings is 1. The smallest absolute Gasteiger partial charge is 0.410 e. The highest BCUT2D eigenvalue weighted by Crippen LogP contribution is 2.50. The van der Waals surface area contributed by atoms with E-state index < -0.39 is 34.5 Å². The van der Waals surface area contributed by atoms with E-state index in [1.165, 1.54) is 4.90 Å². The number of likely N-dealkylation sites (tertiary alicyclic amines) is 1. The molecule has 2 unspecified atom stereocenters. The van der Waals surface area contributed by atoms with Crippen molar-refractivity contribution in [1.29, 1.82) is 0 Å². The lowest BCUT2D eigenvalue weighted by molar-refractivity contribution is -0.142. The number of carbonyl (C=O) groups excluding carboxylic acids is 3. The molecule has 4 rings (SSSR count). The molecule has 0 aliphatic carbocycles. The number of amides is 3. The monoisotopic (exact) mass is 651 g/mol. The van der Waals surface area contributed by atoms with Gasteiger partial charge in [0.2, 0.25) is 11.8 Å². The number of fused-ring (bicyclic) bond motifs is 2. The number of hydrogen-bond donors (Lipinski definition) is 2. The van der Waals surface area contributed by atoms with Crippen LogP contribution in [0.4, 0.5) is 4.79 Å². The van der Waals surface area contributed by atoms with E-state index in [0.717, 1.165) is 41.9 Å². The van der Waals surface area contributed by atoms with Crippen molar-refractivity contribution in [3.8, 4) is 11.5 Å². The number of aliphatic hydroxyl groups is 1. The van der Waals surface area contributed by atoms with Gasteiger partial charge in [0, 0.05) is 63.0 Å². The van der Waals surface area contributed by atoms with Crippen LogP contribution in [0.15, 0.2) is 48.5 Å². The molecule has 2 aromatic carbocycles. The zero-order valence-corrected chi connectivity index (χ0v) is 29.1. The molecule has 0 aromatic heterocycles. The first-order valence-electron chi connectivity index (χ1n) is 16.8. The summed E-state index contributed by atoms with van der Waals surface area (Å²) >= 11 is 0. The molecule has 0 saturated carbocycles. The predicted octanol–water partition coefficient (Wildman–Crippen LogP) is 5.50. The summed E-state index contributed by atoms with van der Waals surface area (Å²) in [5.41, 5.74) is -0.367. The van der Waals surface area contributed by atoms with Crippen molar-refractivity contribution in [2.24, 2.45) is 11.8 Å². The highest BCUT2D eigenvalue weighted by Gasteiger charge is 2.44. The lowest BCUT2D eigenvalue weighted by Crippen LogP contribution is -2.55. The Morgan fingerprint density at radius 1 is 0.979 bits per heavy atom. The summed E-state index contributed by atoms with van der Waals surface area (Å²) in [5.74, 6) is -0.151. The molecule has 2 N–H and O–H groups in total. The van der Waals surface area contributed by atoms with Crippen molar-refractivity contribution in [2.75, 3.05) is 46.4 Å². The van der Waals surface area contributed by atoms with Crippen LogP contribution in [0.3, 0.4) is 0 Å². The first kappa shape index (κ1) is 36.2. The molecule has 47 heavy (non-hydrogen) atoms. The van der Waals surface area contributed by atoms with Crippen molar-refractivity contribution >= 4 is 17.9 Å². The highest BCUT2D eigenvalue weighted by atomic mass is 16.6. The van der Waals surface area contributed by atoms with Gasteiger partial charge in [-0.2, -0.15) is 0 Å². The summed E-state index contributed by atoms with van der Waals surface area (Å²) in [7, 11) is 1.70. The molecular weight excluding hydrogens is 598 g/mol. The number of likely N-dealkylation sites (N-methyl/N-ethyl adjacent to an activating group) is 1. The Morgan fingerprint density at radius 2 is 1.57 bits per heavy atom. The van der Waals surface area contributed by atoms with E-state index in [4.69, 9.17) is 14.2 Å². The predicted molar refractivity (Wildman–Crippen MR) is 180 cm³/mol. The molecule has 1 fully saturated rings. The quantitative estimate of drug-likeness (QED) is 0.291. The van der Waals surface area contributed by atoms with Crippen LogP contribution < -0.4 is 10.1 Å².